The average Bonchev–Trinajstić information content (AvgIpc) is 2.91. The molecule has 1 amide bonds. The predicted octanol–water partition coefficient (Wildman–Crippen LogP) is 3.53. The summed E-state index contributed by atoms with van der Waals surface area (Å²) in [7, 11) is 1.19. The number of halogens is 1. The van der Waals surface area contributed by atoms with E-state index in [1.807, 2.05) is 19.9 Å². The molecule has 0 bridgehead atoms. The number of carbonyl (C=O) groups excluding carboxylic acids is 2. The number of nitrogens with zero attached hydrogens (tertiary/aromatic N) is 1. The second-order valence-electron chi connectivity index (χ2n) is 5.55. The summed E-state index contributed by atoms with van der Waals surface area (Å²) >= 11 is 6.09. The highest BCUT2D eigenvalue weighted by Crippen LogP contribution is 2.28. The van der Waals surface area contributed by atoms with Crippen LogP contribution in [0.2, 0.25) is 5.02 Å². The van der Waals surface area contributed by atoms with E-state index in [9.17, 15) is 14.9 Å². The molecule has 0 atom stereocenters. The number of nitrogens with one attached hydrogen (secondary N) is 1. The Kier molecular flexibility index (Phi) is 5.90. The maximum atomic E-state index is 12.1. The maximum absolute atomic E-state index is 12.1. The van der Waals surface area contributed by atoms with Gasteiger partial charge in [0.25, 0.3) is 5.91 Å². The number of methoxy groups -OCH3 is 1. The summed E-state index contributed by atoms with van der Waals surface area (Å²) in [5, 5.41) is 12.3. The fourth-order valence-corrected chi connectivity index (χ4v) is 2.50. The minimum atomic E-state index is -0.716. The molecule has 7 nitrogen and oxygen atoms in total. The number of carbonyl (C=O) groups is 2. The Morgan fingerprint density at radius 1 is 1.27 bits per heavy atom. The molecule has 0 aliphatic carbocycles. The number of furan rings is 1. The molecule has 0 aliphatic heterocycles. The topological polar surface area (TPSA) is 102 Å². The van der Waals surface area contributed by atoms with E-state index in [2.05, 4.69) is 10.1 Å². The summed E-state index contributed by atoms with van der Waals surface area (Å²) < 4.78 is 15.4. The summed E-state index contributed by atoms with van der Waals surface area (Å²) in [4.78, 5) is 23.8. The van der Waals surface area contributed by atoms with E-state index < -0.39 is 11.9 Å². The van der Waals surface area contributed by atoms with Gasteiger partial charge in [-0.05, 0) is 44.0 Å². The van der Waals surface area contributed by atoms with Gasteiger partial charge >= 0.3 is 5.97 Å². The minimum absolute atomic E-state index is 0.0184. The van der Waals surface area contributed by atoms with Crippen molar-refractivity contribution >= 4 is 29.4 Å². The number of esters is 1. The molecule has 2 rings (SSSR count). The number of hydrogen-bond acceptors (Lipinski definition) is 6. The third-order valence-corrected chi connectivity index (χ3v) is 4.21. The molecule has 0 aliphatic rings. The van der Waals surface area contributed by atoms with Crippen molar-refractivity contribution in [3.63, 3.8) is 0 Å². The Balaban J connectivity index is 2.11. The van der Waals surface area contributed by atoms with Crippen molar-refractivity contribution in [1.82, 2.24) is 0 Å². The van der Waals surface area contributed by atoms with Crippen molar-refractivity contribution in [2.24, 2.45) is 0 Å². The summed E-state index contributed by atoms with van der Waals surface area (Å²) in [6, 6.07) is 5.27. The van der Waals surface area contributed by atoms with Gasteiger partial charge in [0, 0.05) is 5.02 Å². The number of hydrogen-bond donors (Lipinski definition) is 1. The summed E-state index contributed by atoms with van der Waals surface area (Å²) in [6.07, 6.45) is 0. The van der Waals surface area contributed by atoms with E-state index in [4.69, 9.17) is 20.8 Å². The second-order valence-corrected chi connectivity index (χ2v) is 5.93. The van der Waals surface area contributed by atoms with Crippen molar-refractivity contribution in [2.75, 3.05) is 19.0 Å². The minimum Gasteiger partial charge on any atom is -0.484 e. The largest absolute Gasteiger partial charge is 0.484 e. The first-order valence-corrected chi connectivity index (χ1v) is 7.97. The third kappa shape index (κ3) is 3.98. The number of anilines is 1. The van der Waals surface area contributed by atoms with Gasteiger partial charge in [0.2, 0.25) is 5.88 Å². The van der Waals surface area contributed by atoms with Crippen LogP contribution in [0.4, 0.5) is 5.88 Å². The molecule has 0 unspecified atom stereocenters. The lowest BCUT2D eigenvalue weighted by Crippen LogP contribution is -2.20. The van der Waals surface area contributed by atoms with Crippen LogP contribution in [0.1, 0.15) is 32.8 Å². The molecule has 26 heavy (non-hydrogen) atoms. The lowest BCUT2D eigenvalue weighted by molar-refractivity contribution is -0.118. The van der Waals surface area contributed by atoms with Crippen LogP contribution in [0, 0.1) is 32.1 Å². The highest BCUT2D eigenvalue weighted by atomic mass is 35.5. The maximum Gasteiger partial charge on any atom is 0.342 e. The molecule has 0 spiro atoms. The van der Waals surface area contributed by atoms with Gasteiger partial charge in [-0.3, -0.25) is 10.1 Å². The monoisotopic (exact) mass is 376 g/mol. The van der Waals surface area contributed by atoms with Crippen LogP contribution in [0.5, 0.6) is 5.75 Å². The molecule has 0 saturated carbocycles. The normalized spacial score (nSPS) is 10.2. The number of ether oxygens (including phenoxy) is 2. The quantitative estimate of drug-likeness (QED) is 0.801. The van der Waals surface area contributed by atoms with E-state index >= 15 is 0 Å². The Morgan fingerprint density at radius 3 is 2.42 bits per heavy atom. The number of rotatable bonds is 5. The van der Waals surface area contributed by atoms with Crippen LogP contribution in [-0.2, 0) is 9.53 Å². The number of amides is 1. The zero-order valence-electron chi connectivity index (χ0n) is 14.7. The molecule has 1 aromatic carbocycles. The second kappa shape index (κ2) is 7.93. The third-order valence-electron chi connectivity index (χ3n) is 3.62. The van der Waals surface area contributed by atoms with Crippen LogP contribution < -0.4 is 10.1 Å². The average molecular weight is 377 g/mol. The molecule has 2 aromatic rings. The van der Waals surface area contributed by atoms with Gasteiger partial charge in [-0.2, -0.15) is 5.26 Å². The SMILES string of the molecule is COC(=O)c1c(C)oc(NC(=O)COc2cc(C)c(Cl)c(C)c2)c1C#N. The van der Waals surface area contributed by atoms with E-state index in [0.717, 1.165) is 11.1 Å². The van der Waals surface area contributed by atoms with Gasteiger partial charge in [-0.25, -0.2) is 4.79 Å². The Bertz CT molecular complexity index is 888. The lowest BCUT2D eigenvalue weighted by Gasteiger charge is -2.09. The standard InChI is InChI=1S/C18H17ClN2O5/c1-9-5-12(6-10(2)16(9)19)25-8-14(22)21-17-13(7-20)15(11(3)26-17)18(23)24-4/h5-6H,8H2,1-4H3,(H,21,22). The molecule has 0 saturated heterocycles. The first-order valence-electron chi connectivity index (χ1n) is 7.59. The smallest absolute Gasteiger partial charge is 0.342 e. The van der Waals surface area contributed by atoms with Gasteiger partial charge in [-0.1, -0.05) is 11.6 Å². The van der Waals surface area contributed by atoms with Crippen molar-refractivity contribution in [2.45, 2.75) is 20.8 Å². The zero-order valence-corrected chi connectivity index (χ0v) is 15.5. The van der Waals surface area contributed by atoms with Crippen LogP contribution in [-0.4, -0.2) is 25.6 Å². The van der Waals surface area contributed by atoms with Crippen molar-refractivity contribution in [1.29, 1.82) is 5.26 Å². The number of aryl methyl sites for hydroxylation is 3. The molecule has 8 heteroatoms. The molecule has 136 valence electrons. The molecule has 0 radical (unpaired) electrons. The molecular formula is C18H17ClN2O5. The van der Waals surface area contributed by atoms with Gasteiger partial charge < -0.3 is 13.9 Å². The van der Waals surface area contributed by atoms with Crippen molar-refractivity contribution in [3.05, 3.63) is 45.2 Å². The highest BCUT2D eigenvalue weighted by molar-refractivity contribution is 6.32. The Morgan fingerprint density at radius 2 is 1.88 bits per heavy atom. The van der Waals surface area contributed by atoms with Crippen LogP contribution in [0.15, 0.2) is 16.5 Å². The molecule has 1 aromatic heterocycles. The fourth-order valence-electron chi connectivity index (χ4n) is 2.39. The van der Waals surface area contributed by atoms with E-state index in [-0.39, 0.29) is 29.4 Å². The molecular weight excluding hydrogens is 360 g/mol. The highest BCUT2D eigenvalue weighted by Gasteiger charge is 2.25. The first kappa shape index (κ1) is 19.3. The summed E-state index contributed by atoms with van der Waals surface area (Å²) in [6.45, 7) is 4.86. The fraction of sp³-hybridized carbons (Fsp3) is 0.278. The predicted molar refractivity (Wildman–Crippen MR) is 94.6 cm³/mol. The van der Waals surface area contributed by atoms with Crippen LogP contribution >= 0.6 is 11.6 Å². The summed E-state index contributed by atoms with van der Waals surface area (Å²) in [5.41, 5.74) is 1.55. The van der Waals surface area contributed by atoms with Crippen molar-refractivity contribution < 1.29 is 23.5 Å². The molecule has 1 N–H and O–H groups in total. The summed E-state index contributed by atoms with van der Waals surface area (Å²) in [5.74, 6) is -0.717. The zero-order chi connectivity index (χ0) is 19.4. The van der Waals surface area contributed by atoms with Gasteiger partial charge in [0.1, 0.15) is 28.7 Å². The van der Waals surface area contributed by atoms with E-state index in [0.29, 0.717) is 10.8 Å². The van der Waals surface area contributed by atoms with Crippen LogP contribution in [0.3, 0.4) is 0 Å². The lowest BCUT2D eigenvalue weighted by atomic mass is 10.1. The van der Waals surface area contributed by atoms with Crippen LogP contribution in [0.25, 0.3) is 0 Å². The number of benzene rings is 1. The van der Waals surface area contributed by atoms with Gasteiger partial charge in [0.15, 0.2) is 6.61 Å². The Hall–Kier alpha value is -2.98. The van der Waals surface area contributed by atoms with Gasteiger partial charge in [0.05, 0.1) is 7.11 Å². The number of nitriles is 1. The van der Waals surface area contributed by atoms with Crippen molar-refractivity contribution in [3.8, 4) is 11.8 Å². The van der Waals surface area contributed by atoms with Gasteiger partial charge in [-0.15, -0.1) is 0 Å². The first-order chi connectivity index (χ1) is 12.3. The Labute approximate surface area is 155 Å². The van der Waals surface area contributed by atoms with E-state index in [1.54, 1.807) is 12.1 Å². The molecule has 1 heterocycles. The van der Waals surface area contributed by atoms with E-state index in [1.165, 1.54) is 14.0 Å². The molecule has 0 fully saturated rings.